The molecule has 0 bridgehead atoms. The van der Waals surface area contributed by atoms with Gasteiger partial charge in [0.05, 0.1) is 0 Å². The molecule has 0 aliphatic heterocycles. The minimum atomic E-state index is 0.189. The predicted molar refractivity (Wildman–Crippen MR) is 82.6 cm³/mol. The molecule has 1 N–H and O–H groups in total. The molecule has 0 radical (unpaired) electrons. The SMILES string of the molecule is CC(C)Nc1cc(C(C)(C)C)cc(C(C)(C)C)c1. The van der Waals surface area contributed by atoms with Crippen molar-refractivity contribution in [1.82, 2.24) is 0 Å². The third-order valence-electron chi connectivity index (χ3n) is 3.12. The summed E-state index contributed by atoms with van der Waals surface area (Å²) in [5.41, 5.74) is 4.42. The Hall–Kier alpha value is -0.980. The van der Waals surface area contributed by atoms with E-state index in [4.69, 9.17) is 0 Å². The molecule has 1 rings (SSSR count). The second-order valence-corrected chi connectivity index (χ2v) is 7.60. The molecule has 1 aromatic rings. The van der Waals surface area contributed by atoms with E-state index in [9.17, 15) is 0 Å². The lowest BCUT2D eigenvalue weighted by molar-refractivity contribution is 0.568. The van der Waals surface area contributed by atoms with Gasteiger partial charge in [-0.25, -0.2) is 0 Å². The molecule has 0 heterocycles. The van der Waals surface area contributed by atoms with Gasteiger partial charge in [-0.05, 0) is 47.9 Å². The minimum Gasteiger partial charge on any atom is -0.383 e. The largest absolute Gasteiger partial charge is 0.383 e. The zero-order valence-electron chi connectivity index (χ0n) is 13.3. The number of anilines is 1. The quantitative estimate of drug-likeness (QED) is 0.766. The Morgan fingerprint density at radius 2 is 1.17 bits per heavy atom. The molecule has 0 aromatic heterocycles. The Morgan fingerprint density at radius 3 is 1.44 bits per heavy atom. The summed E-state index contributed by atoms with van der Waals surface area (Å²) in [4.78, 5) is 0. The van der Waals surface area contributed by atoms with Crippen molar-refractivity contribution >= 4 is 5.69 Å². The highest BCUT2D eigenvalue weighted by molar-refractivity contribution is 5.52. The molecule has 102 valence electrons. The van der Waals surface area contributed by atoms with Crippen molar-refractivity contribution in [2.75, 3.05) is 5.32 Å². The summed E-state index contributed by atoms with van der Waals surface area (Å²) >= 11 is 0. The highest BCUT2D eigenvalue weighted by Crippen LogP contribution is 2.32. The van der Waals surface area contributed by atoms with Gasteiger partial charge in [-0.15, -0.1) is 0 Å². The van der Waals surface area contributed by atoms with Crippen LogP contribution >= 0.6 is 0 Å². The van der Waals surface area contributed by atoms with Crippen LogP contribution in [0.1, 0.15) is 66.5 Å². The van der Waals surface area contributed by atoms with Crippen molar-refractivity contribution in [2.24, 2.45) is 0 Å². The van der Waals surface area contributed by atoms with Crippen molar-refractivity contribution < 1.29 is 0 Å². The molecule has 0 atom stereocenters. The van der Waals surface area contributed by atoms with E-state index in [0.29, 0.717) is 6.04 Å². The van der Waals surface area contributed by atoms with Crippen molar-refractivity contribution in [3.63, 3.8) is 0 Å². The van der Waals surface area contributed by atoms with Crippen LogP contribution < -0.4 is 5.32 Å². The van der Waals surface area contributed by atoms with Gasteiger partial charge in [0, 0.05) is 11.7 Å². The summed E-state index contributed by atoms with van der Waals surface area (Å²) < 4.78 is 0. The van der Waals surface area contributed by atoms with Crippen molar-refractivity contribution in [2.45, 2.75) is 72.3 Å². The second-order valence-electron chi connectivity index (χ2n) is 7.60. The van der Waals surface area contributed by atoms with Crippen LogP contribution in [-0.4, -0.2) is 6.04 Å². The summed E-state index contributed by atoms with van der Waals surface area (Å²) in [6, 6.07) is 7.39. The molecule has 1 aromatic carbocycles. The zero-order chi connectivity index (χ0) is 14.1. The molecule has 1 nitrogen and oxygen atoms in total. The Bertz CT molecular complexity index is 370. The summed E-state index contributed by atoms with van der Waals surface area (Å²) in [6.45, 7) is 18.0. The average molecular weight is 247 g/mol. The number of rotatable bonds is 2. The van der Waals surface area contributed by atoms with Crippen LogP contribution in [0.25, 0.3) is 0 Å². The van der Waals surface area contributed by atoms with Crippen LogP contribution in [0.5, 0.6) is 0 Å². The molecule has 0 fully saturated rings. The zero-order valence-corrected chi connectivity index (χ0v) is 13.3. The highest BCUT2D eigenvalue weighted by Gasteiger charge is 2.20. The van der Waals surface area contributed by atoms with Gasteiger partial charge in [0.15, 0.2) is 0 Å². The Balaban J connectivity index is 3.29. The molecular weight excluding hydrogens is 218 g/mol. The van der Waals surface area contributed by atoms with Crippen LogP contribution in [0.3, 0.4) is 0 Å². The molecular formula is C17H29N. The molecule has 0 aliphatic rings. The van der Waals surface area contributed by atoms with E-state index in [1.807, 2.05) is 0 Å². The second kappa shape index (κ2) is 4.95. The van der Waals surface area contributed by atoms with Gasteiger partial charge >= 0.3 is 0 Å². The van der Waals surface area contributed by atoms with E-state index >= 15 is 0 Å². The minimum absolute atomic E-state index is 0.189. The number of nitrogens with one attached hydrogen (secondary N) is 1. The van der Waals surface area contributed by atoms with Crippen LogP contribution in [0.15, 0.2) is 18.2 Å². The normalized spacial score (nSPS) is 12.9. The number of benzene rings is 1. The maximum Gasteiger partial charge on any atom is 0.0348 e. The Labute approximate surface area is 113 Å². The molecule has 1 heteroatoms. The van der Waals surface area contributed by atoms with Gasteiger partial charge in [0.25, 0.3) is 0 Å². The van der Waals surface area contributed by atoms with Gasteiger partial charge in [-0.1, -0.05) is 47.6 Å². The van der Waals surface area contributed by atoms with Crippen molar-refractivity contribution in [3.05, 3.63) is 29.3 Å². The predicted octanol–water partition coefficient (Wildman–Crippen LogP) is 5.10. The molecule has 0 saturated heterocycles. The first-order valence-electron chi connectivity index (χ1n) is 6.93. The highest BCUT2D eigenvalue weighted by atomic mass is 14.9. The van der Waals surface area contributed by atoms with Crippen LogP contribution in [-0.2, 0) is 10.8 Å². The molecule has 18 heavy (non-hydrogen) atoms. The van der Waals surface area contributed by atoms with E-state index in [1.165, 1.54) is 16.8 Å². The fourth-order valence-electron chi connectivity index (χ4n) is 1.91. The summed E-state index contributed by atoms with van der Waals surface area (Å²) in [6.07, 6.45) is 0. The third-order valence-corrected chi connectivity index (χ3v) is 3.12. The summed E-state index contributed by atoms with van der Waals surface area (Å²) in [5, 5.41) is 3.53. The third kappa shape index (κ3) is 4.04. The molecule has 0 amide bonds. The maximum absolute atomic E-state index is 3.53. The average Bonchev–Trinajstić information content (AvgIpc) is 2.13. The van der Waals surface area contributed by atoms with Crippen molar-refractivity contribution in [1.29, 1.82) is 0 Å². The van der Waals surface area contributed by atoms with Gasteiger partial charge in [0.1, 0.15) is 0 Å². The van der Waals surface area contributed by atoms with Crippen molar-refractivity contribution in [3.8, 4) is 0 Å². The molecule has 0 unspecified atom stereocenters. The van der Waals surface area contributed by atoms with E-state index in [1.54, 1.807) is 0 Å². The number of hydrogen-bond donors (Lipinski definition) is 1. The fraction of sp³-hybridized carbons (Fsp3) is 0.647. The summed E-state index contributed by atoms with van der Waals surface area (Å²) in [5.74, 6) is 0. The fourth-order valence-corrected chi connectivity index (χ4v) is 1.91. The smallest absolute Gasteiger partial charge is 0.0348 e. The monoisotopic (exact) mass is 247 g/mol. The van der Waals surface area contributed by atoms with Gasteiger partial charge in [-0.3, -0.25) is 0 Å². The Morgan fingerprint density at radius 1 is 0.778 bits per heavy atom. The first-order chi connectivity index (χ1) is 8.00. The van der Waals surface area contributed by atoms with Gasteiger partial charge in [-0.2, -0.15) is 0 Å². The van der Waals surface area contributed by atoms with E-state index in [2.05, 4.69) is 78.9 Å². The van der Waals surface area contributed by atoms with E-state index in [-0.39, 0.29) is 10.8 Å². The lowest BCUT2D eigenvalue weighted by atomic mass is 9.80. The number of hydrogen-bond acceptors (Lipinski definition) is 1. The van der Waals surface area contributed by atoms with Gasteiger partial charge in [0.2, 0.25) is 0 Å². The van der Waals surface area contributed by atoms with E-state index in [0.717, 1.165) is 0 Å². The lowest BCUT2D eigenvalue weighted by Crippen LogP contribution is -2.18. The van der Waals surface area contributed by atoms with Crippen LogP contribution in [0.4, 0.5) is 5.69 Å². The van der Waals surface area contributed by atoms with E-state index < -0.39 is 0 Å². The molecule has 0 aliphatic carbocycles. The first kappa shape index (κ1) is 15.1. The Kier molecular flexibility index (Phi) is 4.15. The maximum atomic E-state index is 3.53. The standard InChI is InChI=1S/C17H29N/c1-12(2)18-15-10-13(16(3,4)5)9-14(11-15)17(6,7)8/h9-12,18H,1-8H3. The topological polar surface area (TPSA) is 12.0 Å². The van der Waals surface area contributed by atoms with Gasteiger partial charge < -0.3 is 5.32 Å². The summed E-state index contributed by atoms with van der Waals surface area (Å²) in [7, 11) is 0. The van der Waals surface area contributed by atoms with Crippen LogP contribution in [0, 0.1) is 0 Å². The lowest BCUT2D eigenvalue weighted by Gasteiger charge is -2.27. The first-order valence-corrected chi connectivity index (χ1v) is 6.93. The van der Waals surface area contributed by atoms with Crippen LogP contribution in [0.2, 0.25) is 0 Å². The molecule has 0 spiro atoms. The molecule has 0 saturated carbocycles.